The third kappa shape index (κ3) is 3.03. The highest BCUT2D eigenvalue weighted by molar-refractivity contribution is 6.06. The molecule has 26 heavy (non-hydrogen) atoms. The highest BCUT2D eigenvalue weighted by Gasteiger charge is 2.10. The Balaban J connectivity index is 1.62. The number of hydrogen-bond acceptors (Lipinski definition) is 5. The molecule has 4 heterocycles. The summed E-state index contributed by atoms with van der Waals surface area (Å²) in [4.78, 5) is 13.1. The molecule has 132 valence electrons. The Bertz CT molecular complexity index is 1060. The molecule has 0 atom stereocenters. The predicted octanol–water partition coefficient (Wildman–Crippen LogP) is 4.00. The second kappa shape index (κ2) is 6.95. The fourth-order valence-electron chi connectivity index (χ4n) is 2.94. The van der Waals surface area contributed by atoms with Crippen LogP contribution in [0.2, 0.25) is 0 Å². The molecule has 4 rings (SSSR count). The van der Waals surface area contributed by atoms with Crippen LogP contribution in [-0.2, 0) is 7.05 Å². The summed E-state index contributed by atoms with van der Waals surface area (Å²) in [5.74, 6) is 1.30. The van der Waals surface area contributed by atoms with Crippen LogP contribution in [0.15, 0.2) is 49.1 Å². The number of fused-ring (bicyclic) bond motifs is 3. The Morgan fingerprint density at radius 2 is 2.04 bits per heavy atom. The van der Waals surface area contributed by atoms with E-state index in [1.54, 1.807) is 18.6 Å². The second-order valence-corrected chi connectivity index (χ2v) is 5.94. The number of nitrogens with one attached hydrogen (secondary N) is 1. The van der Waals surface area contributed by atoms with Gasteiger partial charge in [-0.15, -0.1) is 0 Å². The molecule has 0 amide bonds. The van der Waals surface area contributed by atoms with Crippen molar-refractivity contribution in [2.24, 2.45) is 7.05 Å². The lowest BCUT2D eigenvalue weighted by molar-refractivity contribution is 0.289. The predicted molar refractivity (Wildman–Crippen MR) is 99.6 cm³/mol. The van der Waals surface area contributed by atoms with Crippen molar-refractivity contribution >= 4 is 33.4 Å². The topological polar surface area (TPSA) is 64.9 Å². The Morgan fingerprint density at radius 3 is 2.92 bits per heavy atom. The lowest BCUT2D eigenvalue weighted by Gasteiger charge is -2.09. The quantitative estimate of drug-likeness (QED) is 0.533. The minimum Gasteiger partial charge on any atom is -0.492 e. The molecule has 0 bridgehead atoms. The van der Waals surface area contributed by atoms with Crippen LogP contribution < -0.4 is 10.1 Å². The zero-order valence-corrected chi connectivity index (χ0v) is 14.3. The lowest BCUT2D eigenvalue weighted by Crippen LogP contribution is -2.00. The first-order chi connectivity index (χ1) is 12.8. The molecular weight excluding hydrogens is 332 g/mol. The van der Waals surface area contributed by atoms with E-state index in [1.807, 2.05) is 42.1 Å². The number of alkyl halides is 1. The minimum absolute atomic E-state index is 0.329. The van der Waals surface area contributed by atoms with Crippen LogP contribution in [0.5, 0.6) is 5.75 Å². The van der Waals surface area contributed by atoms with E-state index in [0.717, 1.165) is 27.6 Å². The van der Waals surface area contributed by atoms with Crippen LogP contribution in [0.3, 0.4) is 0 Å². The van der Waals surface area contributed by atoms with Crippen molar-refractivity contribution in [3.05, 3.63) is 49.1 Å². The molecule has 0 unspecified atom stereocenters. The molecule has 4 aromatic rings. The van der Waals surface area contributed by atoms with Crippen molar-refractivity contribution < 1.29 is 9.13 Å². The number of ether oxygens (including phenoxy) is 1. The zero-order chi connectivity index (χ0) is 17.9. The molecule has 0 fully saturated rings. The van der Waals surface area contributed by atoms with E-state index >= 15 is 0 Å². The van der Waals surface area contributed by atoms with Crippen LogP contribution in [0.1, 0.15) is 6.42 Å². The summed E-state index contributed by atoms with van der Waals surface area (Å²) in [5.41, 5.74) is 2.72. The SMILES string of the molecule is Cn1c2ccncc2c2ccc(Nc3cncc(OCCC[18F])c3)nc21. The number of hydrogen-bond donors (Lipinski definition) is 1. The van der Waals surface area contributed by atoms with Crippen molar-refractivity contribution in [3.8, 4) is 5.75 Å². The molecule has 0 radical (unpaired) electrons. The van der Waals surface area contributed by atoms with E-state index in [2.05, 4.69) is 15.3 Å². The summed E-state index contributed by atoms with van der Waals surface area (Å²) in [5, 5.41) is 5.38. The van der Waals surface area contributed by atoms with Gasteiger partial charge in [-0.25, -0.2) is 4.98 Å². The lowest BCUT2D eigenvalue weighted by atomic mass is 10.2. The molecule has 0 aromatic carbocycles. The first-order valence-corrected chi connectivity index (χ1v) is 8.36. The maximum absolute atomic E-state index is 12.2. The average Bonchev–Trinajstić information content (AvgIpc) is 2.95. The molecule has 0 aliphatic carbocycles. The van der Waals surface area contributed by atoms with Crippen LogP contribution in [0, 0.1) is 0 Å². The Kier molecular flexibility index (Phi) is 4.35. The fourth-order valence-corrected chi connectivity index (χ4v) is 2.94. The highest BCUT2D eigenvalue weighted by atomic mass is 18.2. The molecule has 0 aliphatic heterocycles. The number of nitrogens with zero attached hydrogens (tertiary/aromatic N) is 4. The summed E-state index contributed by atoms with van der Waals surface area (Å²) in [6, 6.07) is 7.75. The van der Waals surface area contributed by atoms with Gasteiger partial charge in [0, 0.05) is 42.7 Å². The molecule has 6 nitrogen and oxygen atoms in total. The number of aromatic nitrogens is 4. The number of halogens is 1. The van der Waals surface area contributed by atoms with Crippen LogP contribution in [-0.4, -0.2) is 32.8 Å². The Labute approximate surface area is 149 Å². The third-order valence-corrected chi connectivity index (χ3v) is 4.17. The van der Waals surface area contributed by atoms with Gasteiger partial charge in [-0.2, -0.15) is 0 Å². The van der Waals surface area contributed by atoms with Gasteiger partial charge in [0.05, 0.1) is 36.9 Å². The molecule has 0 spiro atoms. The van der Waals surface area contributed by atoms with Gasteiger partial charge in [0.25, 0.3) is 0 Å². The average molecular weight is 350 g/mol. The van der Waals surface area contributed by atoms with Crippen molar-refractivity contribution in [2.45, 2.75) is 6.42 Å². The fraction of sp³-hybridized carbons (Fsp3) is 0.211. The number of aryl methyl sites for hydroxylation is 1. The molecule has 0 saturated carbocycles. The van der Waals surface area contributed by atoms with Crippen LogP contribution >= 0.6 is 0 Å². The normalized spacial score (nSPS) is 11.2. The van der Waals surface area contributed by atoms with Gasteiger partial charge >= 0.3 is 0 Å². The van der Waals surface area contributed by atoms with E-state index < -0.39 is 6.67 Å². The zero-order valence-electron chi connectivity index (χ0n) is 14.3. The number of rotatable bonds is 6. The highest BCUT2D eigenvalue weighted by Crippen LogP contribution is 2.28. The summed E-state index contributed by atoms with van der Waals surface area (Å²) >= 11 is 0. The van der Waals surface area contributed by atoms with E-state index in [-0.39, 0.29) is 0 Å². The van der Waals surface area contributed by atoms with E-state index in [4.69, 9.17) is 9.72 Å². The Morgan fingerprint density at radius 1 is 1.12 bits per heavy atom. The van der Waals surface area contributed by atoms with Gasteiger partial charge in [-0.3, -0.25) is 14.4 Å². The number of anilines is 2. The minimum atomic E-state index is -0.393. The van der Waals surface area contributed by atoms with E-state index in [9.17, 15) is 4.39 Å². The van der Waals surface area contributed by atoms with Gasteiger partial charge in [0.1, 0.15) is 17.2 Å². The smallest absolute Gasteiger partial charge is 0.143 e. The van der Waals surface area contributed by atoms with Crippen LogP contribution in [0.4, 0.5) is 15.9 Å². The standard InChI is InChI=1S/C19H18FN5O/c1-25-17-5-7-21-12-16(17)15-3-4-18(24-19(15)25)23-13-9-14(11-22-10-13)26-8-2-6-20/h3-5,7,9-12H,2,6,8H2,1H3,(H,23,24)/i20-1. The van der Waals surface area contributed by atoms with Crippen molar-refractivity contribution in [1.82, 2.24) is 19.5 Å². The largest absolute Gasteiger partial charge is 0.492 e. The monoisotopic (exact) mass is 350 g/mol. The molecule has 0 saturated heterocycles. The molecule has 0 aliphatic rings. The molecular formula is C19H18FN5O. The van der Waals surface area contributed by atoms with Crippen molar-refractivity contribution in [2.75, 3.05) is 18.6 Å². The summed E-state index contributed by atoms with van der Waals surface area (Å²) < 4.78 is 19.7. The summed E-state index contributed by atoms with van der Waals surface area (Å²) in [6.07, 6.45) is 7.30. The maximum Gasteiger partial charge on any atom is 0.143 e. The first-order valence-electron chi connectivity index (χ1n) is 8.36. The van der Waals surface area contributed by atoms with E-state index in [0.29, 0.717) is 24.6 Å². The number of pyridine rings is 3. The van der Waals surface area contributed by atoms with E-state index in [1.165, 1.54) is 0 Å². The van der Waals surface area contributed by atoms with Crippen LogP contribution in [0.25, 0.3) is 21.9 Å². The maximum atomic E-state index is 12.2. The molecule has 7 heteroatoms. The first kappa shape index (κ1) is 16.3. The van der Waals surface area contributed by atoms with Gasteiger partial charge in [-0.1, -0.05) is 0 Å². The van der Waals surface area contributed by atoms with Gasteiger partial charge in [0.2, 0.25) is 0 Å². The Hall–Kier alpha value is -3.22. The molecule has 4 aromatic heterocycles. The van der Waals surface area contributed by atoms with Crippen molar-refractivity contribution in [1.29, 1.82) is 0 Å². The summed E-state index contributed by atoms with van der Waals surface area (Å²) in [6.45, 7) is -0.0638. The second-order valence-electron chi connectivity index (χ2n) is 5.94. The van der Waals surface area contributed by atoms with Gasteiger partial charge < -0.3 is 14.6 Å². The van der Waals surface area contributed by atoms with Gasteiger partial charge in [0.15, 0.2) is 0 Å². The third-order valence-electron chi connectivity index (χ3n) is 4.17. The molecule has 1 N–H and O–H groups in total. The summed E-state index contributed by atoms with van der Waals surface area (Å²) in [7, 11) is 1.99. The van der Waals surface area contributed by atoms with Gasteiger partial charge in [-0.05, 0) is 18.2 Å². The van der Waals surface area contributed by atoms with Crippen molar-refractivity contribution in [3.63, 3.8) is 0 Å².